The Kier molecular flexibility index (Phi) is 5.22. The largest absolute Gasteiger partial charge is 0.461 e. The normalized spacial score (nSPS) is 10.5. The minimum Gasteiger partial charge on any atom is -0.461 e. The number of ether oxygens (including phenoxy) is 2. The lowest BCUT2D eigenvalue weighted by Gasteiger charge is -2.07. The Bertz CT molecular complexity index is 848. The van der Waals surface area contributed by atoms with E-state index in [9.17, 15) is 9.59 Å². The molecule has 2 N–H and O–H groups in total. The molecule has 26 heavy (non-hydrogen) atoms. The number of hydrogen-bond donors (Lipinski definition) is 2. The first-order valence-corrected chi connectivity index (χ1v) is 8.46. The first-order valence-electron chi connectivity index (χ1n) is 8.46. The summed E-state index contributed by atoms with van der Waals surface area (Å²) < 4.78 is 10.0. The average Bonchev–Trinajstić information content (AvgIpc) is 3.32. The van der Waals surface area contributed by atoms with Crippen LogP contribution < -0.4 is 0 Å². The van der Waals surface area contributed by atoms with Gasteiger partial charge in [-0.25, -0.2) is 9.59 Å². The zero-order chi connectivity index (χ0) is 18.5. The van der Waals surface area contributed by atoms with Gasteiger partial charge in [0.2, 0.25) is 0 Å². The maximum Gasteiger partial charge on any atom is 0.354 e. The van der Waals surface area contributed by atoms with E-state index >= 15 is 0 Å². The molecule has 3 aromatic rings. The summed E-state index contributed by atoms with van der Waals surface area (Å²) in [6, 6.07) is 14.8. The monoisotopic (exact) mass is 352 g/mol. The van der Waals surface area contributed by atoms with Crippen LogP contribution in [0.25, 0.3) is 22.5 Å². The SMILES string of the molecule is CCOC(=O)c1ccc(-c2ccccc2-c2ccc(C(=O)OCC)[nH]2)[nH]1. The van der Waals surface area contributed by atoms with E-state index < -0.39 is 0 Å². The lowest BCUT2D eigenvalue weighted by molar-refractivity contribution is 0.0511. The minimum absolute atomic E-state index is 0.322. The third kappa shape index (κ3) is 3.54. The zero-order valence-electron chi connectivity index (χ0n) is 14.7. The van der Waals surface area contributed by atoms with E-state index in [1.807, 2.05) is 36.4 Å². The van der Waals surface area contributed by atoms with Gasteiger partial charge in [-0.3, -0.25) is 0 Å². The Labute approximate surface area is 151 Å². The molecular formula is C20H20N2O4. The van der Waals surface area contributed by atoms with Crippen LogP contribution in [-0.2, 0) is 9.47 Å². The van der Waals surface area contributed by atoms with Gasteiger partial charge in [0.1, 0.15) is 11.4 Å². The molecule has 0 saturated carbocycles. The van der Waals surface area contributed by atoms with E-state index in [0.29, 0.717) is 24.6 Å². The van der Waals surface area contributed by atoms with Gasteiger partial charge >= 0.3 is 11.9 Å². The molecule has 134 valence electrons. The van der Waals surface area contributed by atoms with Crippen molar-refractivity contribution in [2.24, 2.45) is 0 Å². The van der Waals surface area contributed by atoms with Gasteiger partial charge in [-0.2, -0.15) is 0 Å². The van der Waals surface area contributed by atoms with Crippen molar-refractivity contribution in [1.82, 2.24) is 9.97 Å². The number of nitrogens with one attached hydrogen (secondary N) is 2. The number of hydrogen-bond acceptors (Lipinski definition) is 4. The molecule has 0 radical (unpaired) electrons. The van der Waals surface area contributed by atoms with Gasteiger partial charge in [-0.15, -0.1) is 0 Å². The quantitative estimate of drug-likeness (QED) is 0.656. The number of carbonyl (C=O) groups is 2. The molecule has 0 fully saturated rings. The molecule has 0 aliphatic rings. The summed E-state index contributed by atoms with van der Waals surface area (Å²) in [5, 5.41) is 0. The Morgan fingerprint density at radius 1 is 0.731 bits per heavy atom. The van der Waals surface area contributed by atoms with Crippen LogP contribution in [-0.4, -0.2) is 35.1 Å². The predicted octanol–water partition coefficient (Wildman–Crippen LogP) is 4.03. The fourth-order valence-electron chi connectivity index (χ4n) is 2.71. The molecule has 1 aromatic carbocycles. The summed E-state index contributed by atoms with van der Waals surface area (Å²) >= 11 is 0. The van der Waals surface area contributed by atoms with E-state index in [2.05, 4.69) is 9.97 Å². The van der Waals surface area contributed by atoms with Crippen molar-refractivity contribution >= 4 is 11.9 Å². The van der Waals surface area contributed by atoms with Crippen molar-refractivity contribution in [2.75, 3.05) is 13.2 Å². The van der Waals surface area contributed by atoms with Crippen molar-refractivity contribution in [3.8, 4) is 22.5 Å². The molecular weight excluding hydrogens is 332 g/mol. The second-order valence-electron chi connectivity index (χ2n) is 5.56. The highest BCUT2D eigenvalue weighted by Gasteiger charge is 2.15. The van der Waals surface area contributed by atoms with Gasteiger partial charge in [0.25, 0.3) is 0 Å². The van der Waals surface area contributed by atoms with Crippen molar-refractivity contribution < 1.29 is 19.1 Å². The van der Waals surface area contributed by atoms with E-state index in [1.165, 1.54) is 0 Å². The van der Waals surface area contributed by atoms with Gasteiger partial charge in [-0.05, 0) is 38.1 Å². The molecule has 2 aromatic heterocycles. The lowest BCUT2D eigenvalue weighted by Crippen LogP contribution is -2.05. The summed E-state index contributed by atoms with van der Waals surface area (Å²) in [5.41, 5.74) is 4.18. The Morgan fingerprint density at radius 2 is 1.15 bits per heavy atom. The molecule has 6 heteroatoms. The Morgan fingerprint density at radius 3 is 1.54 bits per heavy atom. The number of carbonyl (C=O) groups excluding carboxylic acids is 2. The van der Waals surface area contributed by atoms with Crippen LogP contribution in [0.4, 0.5) is 0 Å². The van der Waals surface area contributed by atoms with Gasteiger partial charge in [0.05, 0.1) is 13.2 Å². The number of aromatic amines is 2. The summed E-state index contributed by atoms with van der Waals surface area (Å²) in [6.07, 6.45) is 0. The Balaban J connectivity index is 1.94. The van der Waals surface area contributed by atoms with E-state index in [0.717, 1.165) is 22.5 Å². The third-order valence-corrected chi connectivity index (χ3v) is 3.87. The third-order valence-electron chi connectivity index (χ3n) is 3.87. The number of esters is 2. The highest BCUT2D eigenvalue weighted by molar-refractivity contribution is 5.91. The smallest absolute Gasteiger partial charge is 0.354 e. The number of rotatable bonds is 6. The summed E-state index contributed by atoms with van der Waals surface area (Å²) in [5.74, 6) is -0.776. The molecule has 0 bridgehead atoms. The highest BCUT2D eigenvalue weighted by atomic mass is 16.5. The van der Waals surface area contributed by atoms with E-state index in [1.54, 1.807) is 26.0 Å². The number of H-pyrrole nitrogens is 2. The molecule has 0 saturated heterocycles. The predicted molar refractivity (Wildman–Crippen MR) is 97.9 cm³/mol. The molecule has 0 unspecified atom stereocenters. The van der Waals surface area contributed by atoms with Gasteiger partial charge in [0, 0.05) is 22.5 Å². The van der Waals surface area contributed by atoms with Crippen LogP contribution in [0.1, 0.15) is 34.8 Å². The van der Waals surface area contributed by atoms with Gasteiger partial charge in [0.15, 0.2) is 0 Å². The molecule has 0 aliphatic heterocycles. The summed E-state index contributed by atoms with van der Waals surface area (Å²) in [4.78, 5) is 29.9. The summed E-state index contributed by atoms with van der Waals surface area (Å²) in [6.45, 7) is 4.18. The van der Waals surface area contributed by atoms with E-state index in [-0.39, 0.29) is 11.9 Å². The summed E-state index contributed by atoms with van der Waals surface area (Å²) in [7, 11) is 0. The van der Waals surface area contributed by atoms with Crippen molar-refractivity contribution in [1.29, 1.82) is 0 Å². The highest BCUT2D eigenvalue weighted by Crippen LogP contribution is 2.31. The second-order valence-corrected chi connectivity index (χ2v) is 5.56. The first-order chi connectivity index (χ1) is 12.6. The molecule has 2 heterocycles. The maximum atomic E-state index is 11.9. The molecule has 0 aliphatic carbocycles. The van der Waals surface area contributed by atoms with Crippen LogP contribution >= 0.6 is 0 Å². The van der Waals surface area contributed by atoms with Crippen molar-refractivity contribution in [3.63, 3.8) is 0 Å². The van der Waals surface area contributed by atoms with Gasteiger partial charge < -0.3 is 19.4 Å². The molecule has 6 nitrogen and oxygen atoms in total. The topological polar surface area (TPSA) is 84.2 Å². The number of aromatic nitrogens is 2. The molecule has 3 rings (SSSR count). The van der Waals surface area contributed by atoms with E-state index in [4.69, 9.17) is 9.47 Å². The zero-order valence-corrected chi connectivity index (χ0v) is 14.7. The van der Waals surface area contributed by atoms with Crippen LogP contribution in [0.2, 0.25) is 0 Å². The van der Waals surface area contributed by atoms with Crippen LogP contribution in [0.3, 0.4) is 0 Å². The average molecular weight is 352 g/mol. The molecule has 0 amide bonds. The maximum absolute atomic E-state index is 11.9. The lowest BCUT2D eigenvalue weighted by atomic mass is 10.0. The van der Waals surface area contributed by atoms with Crippen LogP contribution in [0, 0.1) is 0 Å². The standard InChI is InChI=1S/C20H20N2O4/c1-3-25-19(23)17-11-9-15(21-17)13-7-5-6-8-14(13)16-10-12-18(22-16)20(24)26-4-2/h5-12,21-22H,3-4H2,1-2H3. The van der Waals surface area contributed by atoms with Crippen LogP contribution in [0.15, 0.2) is 48.5 Å². The van der Waals surface area contributed by atoms with Gasteiger partial charge in [-0.1, -0.05) is 24.3 Å². The minimum atomic E-state index is -0.388. The van der Waals surface area contributed by atoms with Crippen molar-refractivity contribution in [3.05, 3.63) is 59.9 Å². The van der Waals surface area contributed by atoms with Crippen molar-refractivity contribution in [2.45, 2.75) is 13.8 Å². The molecule has 0 atom stereocenters. The second kappa shape index (κ2) is 7.74. The fraction of sp³-hybridized carbons (Fsp3) is 0.200. The first kappa shape index (κ1) is 17.5. The fourth-order valence-corrected chi connectivity index (χ4v) is 2.71. The van der Waals surface area contributed by atoms with Crippen LogP contribution in [0.5, 0.6) is 0 Å². The Hall–Kier alpha value is -3.28. The molecule has 0 spiro atoms. The number of benzene rings is 1.